The average molecular weight is 325 g/mol. The van der Waals surface area contributed by atoms with Crippen molar-refractivity contribution in [3.05, 3.63) is 22.4 Å². The molecular formula is C16H27N3O2S. The molecule has 0 spiro atoms. The Hall–Kier alpha value is -0.950. The third-order valence-corrected chi connectivity index (χ3v) is 4.79. The highest BCUT2D eigenvalue weighted by molar-refractivity contribution is 7.10. The maximum absolute atomic E-state index is 12.1. The Balaban J connectivity index is 1.72. The van der Waals surface area contributed by atoms with E-state index in [1.807, 2.05) is 11.4 Å². The average Bonchev–Trinajstić information content (AvgIpc) is 2.98. The number of nitrogens with one attached hydrogen (secondary N) is 2. The summed E-state index contributed by atoms with van der Waals surface area (Å²) >= 11 is 1.69. The number of morpholine rings is 1. The summed E-state index contributed by atoms with van der Waals surface area (Å²) < 4.78 is 5.67. The van der Waals surface area contributed by atoms with Crippen molar-refractivity contribution in [2.75, 3.05) is 39.8 Å². The summed E-state index contributed by atoms with van der Waals surface area (Å²) in [7, 11) is 2.09. The van der Waals surface area contributed by atoms with E-state index < -0.39 is 0 Å². The number of carbonyl (C=O) groups excluding carboxylic acids is 1. The first-order valence-corrected chi connectivity index (χ1v) is 8.78. The van der Waals surface area contributed by atoms with Gasteiger partial charge in [0, 0.05) is 24.5 Å². The van der Waals surface area contributed by atoms with Gasteiger partial charge in [0.2, 0.25) is 5.91 Å². The number of hydrogen-bond donors (Lipinski definition) is 2. The predicted octanol–water partition coefficient (Wildman–Crippen LogP) is 1.48. The third kappa shape index (κ3) is 5.35. The molecule has 0 bridgehead atoms. The van der Waals surface area contributed by atoms with Crippen LogP contribution in [0.2, 0.25) is 0 Å². The fourth-order valence-electron chi connectivity index (χ4n) is 2.60. The summed E-state index contributed by atoms with van der Waals surface area (Å²) in [6.07, 6.45) is 0.171. The molecule has 5 nitrogen and oxygen atoms in total. The SMILES string of the molecule is CC(C)[C@H](NC(=O)CNC[C@H]1CN(C)CCO1)c1cccs1. The van der Waals surface area contributed by atoms with Crippen LogP contribution in [0.15, 0.2) is 17.5 Å². The Morgan fingerprint density at radius 3 is 3.00 bits per heavy atom. The molecule has 124 valence electrons. The van der Waals surface area contributed by atoms with Crippen molar-refractivity contribution < 1.29 is 9.53 Å². The summed E-state index contributed by atoms with van der Waals surface area (Å²) in [6, 6.07) is 4.19. The Labute approximate surface area is 137 Å². The highest BCUT2D eigenvalue weighted by Crippen LogP contribution is 2.25. The van der Waals surface area contributed by atoms with Gasteiger partial charge in [-0.2, -0.15) is 0 Å². The monoisotopic (exact) mass is 325 g/mol. The smallest absolute Gasteiger partial charge is 0.234 e. The number of ether oxygens (including phenoxy) is 1. The summed E-state index contributed by atoms with van der Waals surface area (Å²) in [5.74, 6) is 0.411. The number of thiophene rings is 1. The van der Waals surface area contributed by atoms with E-state index in [2.05, 4.69) is 42.5 Å². The van der Waals surface area contributed by atoms with Crippen LogP contribution in [0.5, 0.6) is 0 Å². The molecule has 1 aliphatic heterocycles. The molecule has 2 heterocycles. The lowest BCUT2D eigenvalue weighted by molar-refractivity contribution is -0.121. The van der Waals surface area contributed by atoms with Crippen LogP contribution < -0.4 is 10.6 Å². The van der Waals surface area contributed by atoms with Gasteiger partial charge in [0.05, 0.1) is 25.3 Å². The molecule has 1 aliphatic rings. The van der Waals surface area contributed by atoms with E-state index in [0.717, 1.165) is 19.7 Å². The fourth-order valence-corrected chi connectivity index (χ4v) is 3.55. The standard InChI is InChI=1S/C16H27N3O2S/c1-12(2)16(14-5-4-8-22-14)18-15(20)10-17-9-13-11-19(3)6-7-21-13/h4-5,8,12-13,16-17H,6-7,9-11H2,1-3H3,(H,18,20)/t13-,16-/m0/s1. The molecule has 2 atom stereocenters. The Bertz CT molecular complexity index is 450. The van der Waals surface area contributed by atoms with Crippen molar-refractivity contribution in [2.45, 2.75) is 26.0 Å². The number of likely N-dealkylation sites (N-methyl/N-ethyl adjacent to an activating group) is 1. The maximum Gasteiger partial charge on any atom is 0.234 e. The molecule has 22 heavy (non-hydrogen) atoms. The number of rotatable bonds is 7. The molecule has 0 aliphatic carbocycles. The summed E-state index contributed by atoms with van der Waals surface area (Å²) in [4.78, 5) is 15.6. The van der Waals surface area contributed by atoms with Crippen LogP contribution in [0.1, 0.15) is 24.8 Å². The minimum Gasteiger partial charge on any atom is -0.374 e. The number of hydrogen-bond acceptors (Lipinski definition) is 5. The molecule has 0 saturated carbocycles. The normalized spacial score (nSPS) is 21.0. The van der Waals surface area contributed by atoms with E-state index in [1.165, 1.54) is 4.88 Å². The molecule has 1 amide bonds. The first kappa shape index (κ1) is 17.4. The van der Waals surface area contributed by atoms with Gasteiger partial charge in [0.15, 0.2) is 0 Å². The molecule has 2 rings (SSSR count). The highest BCUT2D eigenvalue weighted by Gasteiger charge is 2.20. The Kier molecular flexibility index (Phi) is 6.82. The molecule has 1 aromatic rings. The van der Waals surface area contributed by atoms with E-state index in [0.29, 0.717) is 19.0 Å². The zero-order valence-corrected chi connectivity index (χ0v) is 14.5. The summed E-state index contributed by atoms with van der Waals surface area (Å²) in [5, 5.41) is 8.38. The van der Waals surface area contributed by atoms with Crippen LogP contribution in [-0.2, 0) is 9.53 Å². The van der Waals surface area contributed by atoms with Gasteiger partial charge in [-0.25, -0.2) is 0 Å². The van der Waals surface area contributed by atoms with Crippen molar-refractivity contribution in [1.82, 2.24) is 15.5 Å². The zero-order chi connectivity index (χ0) is 15.9. The first-order chi connectivity index (χ1) is 10.6. The van der Waals surface area contributed by atoms with Gasteiger partial charge >= 0.3 is 0 Å². The van der Waals surface area contributed by atoms with E-state index >= 15 is 0 Å². The van der Waals surface area contributed by atoms with Crippen molar-refractivity contribution in [1.29, 1.82) is 0 Å². The van der Waals surface area contributed by atoms with Gasteiger partial charge in [-0.15, -0.1) is 11.3 Å². The summed E-state index contributed by atoms with van der Waals surface area (Å²) in [5.41, 5.74) is 0. The molecule has 0 unspecified atom stereocenters. The van der Waals surface area contributed by atoms with E-state index in [-0.39, 0.29) is 18.1 Å². The molecule has 0 aromatic carbocycles. The summed E-state index contributed by atoms with van der Waals surface area (Å²) in [6.45, 7) is 7.96. The maximum atomic E-state index is 12.1. The largest absolute Gasteiger partial charge is 0.374 e. The van der Waals surface area contributed by atoms with Gasteiger partial charge in [0.25, 0.3) is 0 Å². The van der Waals surface area contributed by atoms with Crippen LogP contribution in [0.4, 0.5) is 0 Å². The van der Waals surface area contributed by atoms with Crippen LogP contribution in [0.25, 0.3) is 0 Å². The quantitative estimate of drug-likeness (QED) is 0.797. The lowest BCUT2D eigenvalue weighted by Crippen LogP contribution is -2.46. The predicted molar refractivity (Wildman–Crippen MR) is 90.1 cm³/mol. The highest BCUT2D eigenvalue weighted by atomic mass is 32.1. The van der Waals surface area contributed by atoms with Crippen molar-refractivity contribution >= 4 is 17.2 Å². The van der Waals surface area contributed by atoms with Crippen LogP contribution >= 0.6 is 11.3 Å². The number of amides is 1. The lowest BCUT2D eigenvalue weighted by atomic mass is 10.0. The first-order valence-electron chi connectivity index (χ1n) is 7.90. The van der Waals surface area contributed by atoms with Crippen molar-refractivity contribution in [3.63, 3.8) is 0 Å². The van der Waals surface area contributed by atoms with Gasteiger partial charge < -0.3 is 20.3 Å². The van der Waals surface area contributed by atoms with Gasteiger partial charge in [-0.3, -0.25) is 4.79 Å². The number of carbonyl (C=O) groups is 1. The van der Waals surface area contributed by atoms with Crippen LogP contribution in [0.3, 0.4) is 0 Å². The van der Waals surface area contributed by atoms with Gasteiger partial charge in [-0.1, -0.05) is 19.9 Å². The van der Waals surface area contributed by atoms with Crippen LogP contribution in [-0.4, -0.2) is 56.7 Å². The van der Waals surface area contributed by atoms with E-state index in [9.17, 15) is 4.79 Å². The minimum absolute atomic E-state index is 0.0382. The fraction of sp³-hybridized carbons (Fsp3) is 0.688. The molecule has 1 aromatic heterocycles. The number of nitrogens with zero attached hydrogens (tertiary/aromatic N) is 1. The van der Waals surface area contributed by atoms with Crippen molar-refractivity contribution in [3.8, 4) is 0 Å². The minimum atomic E-state index is 0.0382. The van der Waals surface area contributed by atoms with Gasteiger partial charge in [0.1, 0.15) is 0 Å². The van der Waals surface area contributed by atoms with Crippen molar-refractivity contribution in [2.24, 2.45) is 5.92 Å². The molecular weight excluding hydrogens is 298 g/mol. The van der Waals surface area contributed by atoms with Crippen LogP contribution in [0, 0.1) is 5.92 Å². The third-order valence-electron chi connectivity index (χ3n) is 3.83. The molecule has 1 fully saturated rings. The molecule has 0 radical (unpaired) electrons. The molecule has 6 heteroatoms. The zero-order valence-electron chi connectivity index (χ0n) is 13.7. The Morgan fingerprint density at radius 1 is 1.55 bits per heavy atom. The molecule has 1 saturated heterocycles. The second-order valence-corrected chi connectivity index (χ2v) is 7.17. The molecule has 2 N–H and O–H groups in total. The second kappa shape index (κ2) is 8.62. The van der Waals surface area contributed by atoms with Gasteiger partial charge in [-0.05, 0) is 24.4 Å². The Morgan fingerprint density at radius 2 is 2.36 bits per heavy atom. The lowest BCUT2D eigenvalue weighted by Gasteiger charge is -2.30. The topological polar surface area (TPSA) is 53.6 Å². The second-order valence-electron chi connectivity index (χ2n) is 6.19. The van der Waals surface area contributed by atoms with E-state index in [1.54, 1.807) is 11.3 Å². The van der Waals surface area contributed by atoms with E-state index in [4.69, 9.17) is 4.74 Å².